The lowest BCUT2D eigenvalue weighted by molar-refractivity contribution is -0.384. The zero-order valence-electron chi connectivity index (χ0n) is 15.6. The van der Waals surface area contributed by atoms with Gasteiger partial charge in [-0.1, -0.05) is 25.7 Å². The monoisotopic (exact) mass is 399 g/mol. The van der Waals surface area contributed by atoms with Crippen LogP contribution in [0, 0.1) is 16.0 Å². The van der Waals surface area contributed by atoms with Crippen molar-refractivity contribution in [3.05, 3.63) is 33.9 Å². The van der Waals surface area contributed by atoms with Crippen molar-refractivity contribution in [2.75, 3.05) is 31.1 Å². The Balaban J connectivity index is 1.61. The molecule has 0 N–H and O–H groups in total. The Morgan fingerprint density at radius 3 is 2.36 bits per heavy atom. The van der Waals surface area contributed by atoms with Gasteiger partial charge in [0.25, 0.3) is 5.69 Å². The van der Waals surface area contributed by atoms with E-state index < -0.39 is 22.4 Å². The summed E-state index contributed by atoms with van der Waals surface area (Å²) in [6.07, 6.45) is 1.66. The Morgan fingerprint density at radius 2 is 1.79 bits per heavy atom. The first-order chi connectivity index (χ1) is 13.3. The summed E-state index contributed by atoms with van der Waals surface area (Å²) in [7, 11) is 0. The number of rotatable bonds is 5. The van der Waals surface area contributed by atoms with Crippen molar-refractivity contribution in [3.63, 3.8) is 0 Å². The van der Waals surface area contributed by atoms with Crippen LogP contribution in [0.1, 0.15) is 44.1 Å². The topological polar surface area (TPSA) is 66.7 Å². The number of nitrogens with zero attached hydrogens (tertiary/aromatic N) is 3. The van der Waals surface area contributed by atoms with Gasteiger partial charge < -0.3 is 9.80 Å². The molecule has 6 nitrogen and oxygen atoms in total. The quantitative estimate of drug-likeness (QED) is 0.549. The number of carbonyl (C=O) groups excluding carboxylic acids is 1. The van der Waals surface area contributed by atoms with Crippen LogP contribution in [0.5, 0.6) is 0 Å². The van der Waals surface area contributed by atoms with E-state index in [1.165, 1.54) is 25.7 Å². The summed E-state index contributed by atoms with van der Waals surface area (Å²) < 4.78 is 38.5. The molecule has 1 aliphatic heterocycles. The highest BCUT2D eigenvalue weighted by atomic mass is 19.4. The van der Waals surface area contributed by atoms with Crippen molar-refractivity contribution in [3.8, 4) is 0 Å². The van der Waals surface area contributed by atoms with Crippen LogP contribution in [0.4, 0.5) is 24.5 Å². The summed E-state index contributed by atoms with van der Waals surface area (Å²) in [6.45, 7) is 1.56. The molecule has 0 spiro atoms. The van der Waals surface area contributed by atoms with E-state index in [4.69, 9.17) is 0 Å². The van der Waals surface area contributed by atoms with E-state index in [0.29, 0.717) is 44.6 Å². The fraction of sp³-hybridized carbons (Fsp3) is 0.632. The van der Waals surface area contributed by atoms with Gasteiger partial charge in [-0.05, 0) is 24.5 Å². The molecule has 9 heteroatoms. The second-order valence-corrected chi connectivity index (χ2v) is 7.52. The molecule has 1 aromatic rings. The largest absolute Gasteiger partial charge is 0.416 e. The van der Waals surface area contributed by atoms with Crippen LogP contribution in [0.15, 0.2) is 18.2 Å². The van der Waals surface area contributed by atoms with Crippen molar-refractivity contribution in [1.29, 1.82) is 0 Å². The van der Waals surface area contributed by atoms with E-state index in [0.717, 1.165) is 18.6 Å². The van der Waals surface area contributed by atoms with Crippen LogP contribution in [0.3, 0.4) is 0 Å². The average Bonchev–Trinajstić information content (AvgIpc) is 3.18. The molecule has 1 amide bonds. The minimum Gasteiger partial charge on any atom is -0.362 e. The summed E-state index contributed by atoms with van der Waals surface area (Å²) in [6, 6.07) is 2.59. The molecule has 3 rings (SSSR count). The lowest BCUT2D eigenvalue weighted by Crippen LogP contribution is -2.49. The summed E-state index contributed by atoms with van der Waals surface area (Å²) in [5, 5.41) is 11.3. The van der Waals surface area contributed by atoms with Crippen LogP contribution in [-0.4, -0.2) is 41.9 Å². The Morgan fingerprint density at radius 1 is 1.14 bits per heavy atom. The molecule has 1 saturated heterocycles. The maximum atomic E-state index is 12.8. The number of hydrogen-bond acceptors (Lipinski definition) is 4. The summed E-state index contributed by atoms with van der Waals surface area (Å²) in [4.78, 5) is 26.3. The van der Waals surface area contributed by atoms with Crippen molar-refractivity contribution < 1.29 is 22.9 Å². The van der Waals surface area contributed by atoms with Crippen LogP contribution < -0.4 is 4.90 Å². The number of carbonyl (C=O) groups is 1. The van der Waals surface area contributed by atoms with Crippen LogP contribution in [0.25, 0.3) is 0 Å². The van der Waals surface area contributed by atoms with Gasteiger partial charge in [0.15, 0.2) is 0 Å². The van der Waals surface area contributed by atoms with Crippen molar-refractivity contribution in [2.24, 2.45) is 5.92 Å². The molecule has 0 radical (unpaired) electrons. The van der Waals surface area contributed by atoms with E-state index in [9.17, 15) is 28.1 Å². The normalized spacial score (nSPS) is 18.5. The molecule has 2 aliphatic rings. The van der Waals surface area contributed by atoms with Gasteiger partial charge in [-0.15, -0.1) is 0 Å². The number of anilines is 1. The van der Waals surface area contributed by atoms with Crippen molar-refractivity contribution in [2.45, 2.75) is 44.7 Å². The lowest BCUT2D eigenvalue weighted by atomic mass is 10.0. The lowest BCUT2D eigenvalue weighted by Gasteiger charge is -2.36. The van der Waals surface area contributed by atoms with Crippen molar-refractivity contribution >= 4 is 17.3 Å². The molecule has 0 aromatic heterocycles. The number of piperazine rings is 1. The molecule has 28 heavy (non-hydrogen) atoms. The third kappa shape index (κ3) is 4.74. The zero-order valence-corrected chi connectivity index (χ0v) is 15.6. The van der Waals surface area contributed by atoms with Crippen molar-refractivity contribution in [1.82, 2.24) is 4.90 Å². The Labute approximate surface area is 161 Å². The molecule has 1 heterocycles. The van der Waals surface area contributed by atoms with Gasteiger partial charge in [0.05, 0.1) is 10.5 Å². The van der Waals surface area contributed by atoms with E-state index in [-0.39, 0.29) is 11.6 Å². The molecule has 0 atom stereocenters. The predicted octanol–water partition coefficient (Wildman–Crippen LogP) is 4.23. The van der Waals surface area contributed by atoms with Gasteiger partial charge in [-0.25, -0.2) is 0 Å². The standard InChI is InChI=1S/C19H24F3N3O3/c20-19(21,22)15-6-7-16(17(13-15)25(27)28)23-9-11-24(12-10-23)18(26)8-5-14-3-1-2-4-14/h6-7,13-14H,1-5,8-12H2. The van der Waals surface area contributed by atoms with E-state index in [2.05, 4.69) is 0 Å². The molecular formula is C19H24F3N3O3. The van der Waals surface area contributed by atoms with Gasteiger partial charge in [-0.2, -0.15) is 13.2 Å². The molecule has 154 valence electrons. The zero-order chi connectivity index (χ0) is 20.3. The highest BCUT2D eigenvalue weighted by Gasteiger charge is 2.34. The minimum atomic E-state index is -4.63. The highest BCUT2D eigenvalue weighted by molar-refractivity contribution is 5.76. The second kappa shape index (κ2) is 8.36. The SMILES string of the molecule is O=C(CCC1CCCC1)N1CCN(c2ccc(C(F)(F)F)cc2[N+](=O)[O-])CC1. The molecular weight excluding hydrogens is 375 g/mol. The average molecular weight is 399 g/mol. The molecule has 0 unspecified atom stereocenters. The fourth-order valence-electron chi connectivity index (χ4n) is 4.09. The Kier molecular flexibility index (Phi) is 6.10. The number of alkyl halides is 3. The number of amides is 1. The third-order valence-electron chi connectivity index (χ3n) is 5.71. The number of hydrogen-bond donors (Lipinski definition) is 0. The maximum Gasteiger partial charge on any atom is 0.416 e. The van der Waals surface area contributed by atoms with Gasteiger partial charge in [0, 0.05) is 38.7 Å². The number of halogens is 3. The maximum absolute atomic E-state index is 12.8. The molecule has 2 fully saturated rings. The van der Waals surface area contributed by atoms with Gasteiger partial charge in [0.2, 0.25) is 5.91 Å². The van der Waals surface area contributed by atoms with E-state index >= 15 is 0 Å². The fourth-order valence-corrected chi connectivity index (χ4v) is 4.09. The summed E-state index contributed by atoms with van der Waals surface area (Å²) >= 11 is 0. The highest BCUT2D eigenvalue weighted by Crippen LogP contribution is 2.37. The Bertz CT molecular complexity index is 725. The van der Waals surface area contributed by atoms with E-state index in [1.807, 2.05) is 0 Å². The van der Waals surface area contributed by atoms with Gasteiger partial charge >= 0.3 is 6.18 Å². The van der Waals surface area contributed by atoms with Crippen LogP contribution in [0.2, 0.25) is 0 Å². The number of nitro benzene ring substituents is 1. The molecule has 1 saturated carbocycles. The Hall–Kier alpha value is -2.32. The first-order valence-electron chi connectivity index (χ1n) is 9.64. The summed E-state index contributed by atoms with van der Waals surface area (Å²) in [5.74, 6) is 0.730. The summed E-state index contributed by atoms with van der Waals surface area (Å²) in [5.41, 5.74) is -1.43. The second-order valence-electron chi connectivity index (χ2n) is 7.52. The predicted molar refractivity (Wildman–Crippen MR) is 98.1 cm³/mol. The first-order valence-corrected chi connectivity index (χ1v) is 9.64. The van der Waals surface area contributed by atoms with E-state index in [1.54, 1.807) is 9.80 Å². The van der Waals surface area contributed by atoms with Gasteiger partial charge in [0.1, 0.15) is 5.69 Å². The molecule has 0 bridgehead atoms. The molecule has 1 aromatic carbocycles. The molecule has 1 aliphatic carbocycles. The van der Waals surface area contributed by atoms with Crippen LogP contribution in [-0.2, 0) is 11.0 Å². The number of benzene rings is 1. The third-order valence-corrected chi connectivity index (χ3v) is 5.71. The smallest absolute Gasteiger partial charge is 0.362 e. The first kappa shape index (κ1) is 20.4. The van der Waals surface area contributed by atoms with Crippen LogP contribution >= 0.6 is 0 Å². The number of nitro groups is 1. The van der Waals surface area contributed by atoms with Gasteiger partial charge in [-0.3, -0.25) is 14.9 Å². The minimum absolute atomic E-state index is 0.0912.